The van der Waals surface area contributed by atoms with Gasteiger partial charge in [-0.25, -0.2) is 0 Å². The van der Waals surface area contributed by atoms with Crippen molar-refractivity contribution in [3.8, 4) is 5.75 Å². The second-order valence-corrected chi connectivity index (χ2v) is 8.29. The second-order valence-electron chi connectivity index (χ2n) is 8.29. The third-order valence-electron chi connectivity index (χ3n) is 6.46. The van der Waals surface area contributed by atoms with E-state index >= 15 is 0 Å². The van der Waals surface area contributed by atoms with Crippen LogP contribution in [0.15, 0.2) is 48.5 Å². The van der Waals surface area contributed by atoms with E-state index < -0.39 is 5.66 Å². The maximum atomic E-state index is 13.5. The monoisotopic (exact) mass is 408 g/mol. The summed E-state index contributed by atoms with van der Waals surface area (Å²) >= 11 is 0. The minimum Gasteiger partial charge on any atom is -0.491 e. The van der Waals surface area contributed by atoms with Crippen molar-refractivity contribution in [3.63, 3.8) is 0 Å². The third-order valence-corrected chi connectivity index (χ3v) is 6.46. The Balaban J connectivity index is 1.65. The Kier molecular flexibility index (Phi) is 6.00. The normalized spacial score (nSPS) is 24.3. The minimum absolute atomic E-state index is 0.0826. The molecule has 1 fully saturated rings. The molecule has 0 bridgehead atoms. The Hall–Kier alpha value is -2.53. The molecule has 0 aromatic heterocycles. The van der Waals surface area contributed by atoms with Crippen molar-refractivity contribution in [1.29, 1.82) is 0 Å². The van der Waals surface area contributed by atoms with Crippen molar-refractivity contribution >= 4 is 11.6 Å². The van der Waals surface area contributed by atoms with Gasteiger partial charge < -0.3 is 19.7 Å². The standard InChI is InChI=1S/C25H32N2O3/c1-4-18(3)27-24(28)22-10-6-7-11-23(22)26-25(27,5-2)19-12-14-20(15-13-19)30-17-21-9-8-16-29-21/h6-7,10-15,18,21,26H,4-5,8-9,16-17H2,1-3H3. The van der Waals surface area contributed by atoms with Crippen molar-refractivity contribution in [2.24, 2.45) is 0 Å². The van der Waals surface area contributed by atoms with Crippen LogP contribution in [0, 0.1) is 0 Å². The van der Waals surface area contributed by atoms with Gasteiger partial charge in [-0.1, -0.05) is 38.1 Å². The van der Waals surface area contributed by atoms with Gasteiger partial charge >= 0.3 is 0 Å². The molecule has 1 amide bonds. The maximum Gasteiger partial charge on any atom is 0.258 e. The highest BCUT2D eigenvalue weighted by Gasteiger charge is 2.46. The Bertz CT molecular complexity index is 876. The van der Waals surface area contributed by atoms with Crippen molar-refractivity contribution in [2.75, 3.05) is 18.5 Å². The first-order chi connectivity index (χ1) is 14.6. The summed E-state index contributed by atoms with van der Waals surface area (Å²) in [6, 6.07) is 16.1. The number of rotatable bonds is 7. The molecule has 5 heteroatoms. The Morgan fingerprint density at radius 2 is 1.97 bits per heavy atom. The van der Waals surface area contributed by atoms with E-state index in [0.29, 0.717) is 6.61 Å². The van der Waals surface area contributed by atoms with Gasteiger partial charge in [-0.05, 0) is 62.4 Å². The Morgan fingerprint density at radius 3 is 2.63 bits per heavy atom. The highest BCUT2D eigenvalue weighted by molar-refractivity contribution is 6.02. The number of hydrogen-bond acceptors (Lipinski definition) is 4. The highest BCUT2D eigenvalue weighted by Crippen LogP contribution is 2.42. The van der Waals surface area contributed by atoms with Crippen LogP contribution in [-0.4, -0.2) is 36.2 Å². The number of para-hydroxylation sites is 1. The molecule has 3 unspecified atom stereocenters. The van der Waals surface area contributed by atoms with Gasteiger partial charge in [0.2, 0.25) is 0 Å². The van der Waals surface area contributed by atoms with E-state index in [-0.39, 0.29) is 18.1 Å². The van der Waals surface area contributed by atoms with Crippen LogP contribution in [0.4, 0.5) is 5.69 Å². The lowest BCUT2D eigenvalue weighted by atomic mass is 9.88. The lowest BCUT2D eigenvalue weighted by Gasteiger charge is -2.51. The van der Waals surface area contributed by atoms with Gasteiger partial charge in [0.1, 0.15) is 18.0 Å². The summed E-state index contributed by atoms with van der Waals surface area (Å²) in [7, 11) is 0. The van der Waals surface area contributed by atoms with Crippen LogP contribution in [0.5, 0.6) is 5.75 Å². The predicted molar refractivity (Wildman–Crippen MR) is 119 cm³/mol. The van der Waals surface area contributed by atoms with Gasteiger partial charge in [0.05, 0.1) is 11.7 Å². The van der Waals surface area contributed by atoms with Crippen molar-refractivity contribution in [2.45, 2.75) is 64.3 Å². The van der Waals surface area contributed by atoms with Gasteiger partial charge in [-0.15, -0.1) is 0 Å². The number of amides is 1. The molecule has 2 aromatic carbocycles. The van der Waals surface area contributed by atoms with Crippen LogP contribution in [0.2, 0.25) is 0 Å². The molecule has 0 aliphatic carbocycles. The summed E-state index contributed by atoms with van der Waals surface area (Å²) in [5.74, 6) is 0.914. The van der Waals surface area contributed by atoms with E-state index in [2.05, 4.69) is 38.2 Å². The average Bonchev–Trinajstić information content (AvgIpc) is 3.31. The number of nitrogens with one attached hydrogen (secondary N) is 1. The molecular weight excluding hydrogens is 376 g/mol. The molecule has 1 saturated heterocycles. The van der Waals surface area contributed by atoms with E-state index in [1.54, 1.807) is 0 Å². The van der Waals surface area contributed by atoms with Gasteiger partial charge in [-0.2, -0.15) is 0 Å². The van der Waals surface area contributed by atoms with Crippen LogP contribution < -0.4 is 10.1 Å². The molecule has 0 saturated carbocycles. The number of fused-ring (bicyclic) bond motifs is 1. The molecule has 2 aromatic rings. The molecule has 160 valence electrons. The second kappa shape index (κ2) is 8.68. The molecule has 2 aliphatic heterocycles. The number of benzene rings is 2. The Morgan fingerprint density at radius 1 is 1.20 bits per heavy atom. The zero-order valence-corrected chi connectivity index (χ0v) is 18.2. The fourth-order valence-electron chi connectivity index (χ4n) is 4.59. The molecule has 5 nitrogen and oxygen atoms in total. The van der Waals surface area contributed by atoms with Crippen LogP contribution in [0.1, 0.15) is 62.4 Å². The van der Waals surface area contributed by atoms with Crippen LogP contribution in [-0.2, 0) is 10.4 Å². The summed E-state index contributed by atoms with van der Waals surface area (Å²) in [6.45, 7) is 7.79. The first kappa shape index (κ1) is 20.7. The summed E-state index contributed by atoms with van der Waals surface area (Å²) in [6.07, 6.45) is 4.01. The number of hydrogen-bond donors (Lipinski definition) is 1. The quantitative estimate of drug-likeness (QED) is 0.686. The molecule has 30 heavy (non-hydrogen) atoms. The summed E-state index contributed by atoms with van der Waals surface area (Å²) in [5.41, 5.74) is 2.10. The van der Waals surface area contributed by atoms with Crippen molar-refractivity contribution in [1.82, 2.24) is 4.90 Å². The SMILES string of the molecule is CCC(C)N1C(=O)c2ccccc2NC1(CC)c1ccc(OCC2CCCO2)cc1. The topological polar surface area (TPSA) is 50.8 Å². The number of carbonyl (C=O) groups excluding carboxylic acids is 1. The molecule has 0 spiro atoms. The molecule has 0 radical (unpaired) electrons. The van der Waals surface area contributed by atoms with E-state index in [0.717, 1.165) is 54.9 Å². The predicted octanol–water partition coefficient (Wildman–Crippen LogP) is 5.17. The smallest absolute Gasteiger partial charge is 0.258 e. The average molecular weight is 409 g/mol. The lowest BCUT2D eigenvalue weighted by molar-refractivity contribution is 0.0334. The van der Waals surface area contributed by atoms with Gasteiger partial charge in [0, 0.05) is 18.3 Å². The zero-order valence-electron chi connectivity index (χ0n) is 18.2. The first-order valence-electron chi connectivity index (χ1n) is 11.1. The van der Waals surface area contributed by atoms with Gasteiger partial charge in [-0.3, -0.25) is 4.79 Å². The molecule has 3 atom stereocenters. The maximum absolute atomic E-state index is 13.5. The number of nitrogens with zero attached hydrogens (tertiary/aromatic N) is 1. The number of carbonyl (C=O) groups is 1. The van der Waals surface area contributed by atoms with E-state index in [4.69, 9.17) is 9.47 Å². The van der Waals surface area contributed by atoms with Crippen LogP contribution in [0.25, 0.3) is 0 Å². The fourth-order valence-corrected chi connectivity index (χ4v) is 4.59. The summed E-state index contributed by atoms with van der Waals surface area (Å²) in [5, 5.41) is 3.71. The first-order valence-corrected chi connectivity index (χ1v) is 11.1. The van der Waals surface area contributed by atoms with Crippen LogP contribution in [0.3, 0.4) is 0 Å². The van der Waals surface area contributed by atoms with E-state index in [1.165, 1.54) is 0 Å². The molecule has 1 N–H and O–H groups in total. The molecular formula is C25H32N2O3. The largest absolute Gasteiger partial charge is 0.491 e. The van der Waals surface area contributed by atoms with E-state index in [1.807, 2.05) is 41.3 Å². The Labute approximate surface area is 179 Å². The van der Waals surface area contributed by atoms with Gasteiger partial charge in [0.15, 0.2) is 0 Å². The fraction of sp³-hybridized carbons (Fsp3) is 0.480. The van der Waals surface area contributed by atoms with Crippen molar-refractivity contribution < 1.29 is 14.3 Å². The number of ether oxygens (including phenoxy) is 2. The molecule has 4 rings (SSSR count). The number of anilines is 1. The summed E-state index contributed by atoms with van der Waals surface area (Å²) in [4.78, 5) is 15.6. The zero-order chi connectivity index (χ0) is 21.1. The minimum atomic E-state index is -0.589. The molecule has 2 heterocycles. The van der Waals surface area contributed by atoms with E-state index in [9.17, 15) is 4.79 Å². The van der Waals surface area contributed by atoms with Gasteiger partial charge in [0.25, 0.3) is 5.91 Å². The highest BCUT2D eigenvalue weighted by atomic mass is 16.5. The lowest BCUT2D eigenvalue weighted by Crippen LogP contribution is -2.60. The summed E-state index contributed by atoms with van der Waals surface area (Å²) < 4.78 is 11.6. The van der Waals surface area contributed by atoms with Crippen molar-refractivity contribution in [3.05, 3.63) is 59.7 Å². The van der Waals surface area contributed by atoms with Crippen LogP contribution >= 0.6 is 0 Å². The third kappa shape index (κ3) is 3.67. The molecule has 2 aliphatic rings.